The Kier molecular flexibility index (Phi) is 33.2. The zero-order chi connectivity index (χ0) is 24.7. The smallest absolute Gasteiger partial charge is 0.693 e. The molecule has 14 heteroatoms. The molecule has 3 aliphatic heterocycles. The summed E-state index contributed by atoms with van der Waals surface area (Å²) in [6, 6.07) is 6.74. The fourth-order valence-corrected chi connectivity index (χ4v) is 3.64. The van der Waals surface area contributed by atoms with Crippen LogP contribution >= 0.6 is 0 Å². The molecule has 4 rings (SSSR count). The van der Waals surface area contributed by atoms with Crippen molar-refractivity contribution in [3.63, 3.8) is 0 Å². The van der Waals surface area contributed by atoms with Gasteiger partial charge in [0.05, 0.1) is 5.69 Å². The van der Waals surface area contributed by atoms with E-state index in [1.807, 2.05) is 30.5 Å². The number of hydrogen-bond acceptors (Lipinski definition) is 6. The molecular weight excluding hydrogens is 566 g/mol. The van der Waals surface area contributed by atoms with Crippen LogP contribution < -0.4 is 5.32 Å². The molecule has 2 saturated heterocycles. The number of allylic oxidation sites excluding steroid dienone is 2. The molecule has 204 valence electrons. The van der Waals surface area contributed by atoms with Crippen LogP contribution in [0.3, 0.4) is 0 Å². The van der Waals surface area contributed by atoms with Gasteiger partial charge in [-0.15, -0.1) is 19.6 Å². The van der Waals surface area contributed by atoms with E-state index >= 15 is 0 Å². The van der Waals surface area contributed by atoms with Gasteiger partial charge in [-0.1, -0.05) is 37.5 Å². The molecule has 1 unspecified atom stereocenters. The summed E-state index contributed by atoms with van der Waals surface area (Å²) in [6.07, 6.45) is 19.7. The number of nitrogens with one attached hydrogen (secondary N) is 1. The molecule has 4 heterocycles. The Balaban J connectivity index is -0.000000211. The van der Waals surface area contributed by atoms with Gasteiger partial charge in [0.2, 0.25) is 0 Å². The standard InChI is InChI=1S/C10H19N2.C10H9N2.2C2N3.2Mn.2H2N/c2*1-2-6-12-10(3-1)9-4-7-11-8-5-9;2*3-1-5-2-4;;;;/h9-10,12H,1-8H2;1-7H,8H2;;;;;2*1H2/q4*-1;2*+2;2*-1. The Hall–Kier alpha value is -3.13. The second-order valence-corrected chi connectivity index (χ2v) is 7.24. The Morgan fingerprint density at radius 2 is 1.53 bits per heavy atom. The predicted octanol–water partition coefficient (Wildman–Crippen LogP) is 6.35. The molecule has 0 spiro atoms. The van der Waals surface area contributed by atoms with Gasteiger partial charge in [0.25, 0.3) is 0 Å². The average molecular weight is 598 g/mol. The number of rotatable bonds is 2. The molecule has 0 bridgehead atoms. The number of pyridine rings is 1. The molecular formula is C24H32Mn2N12-2. The Morgan fingerprint density at radius 3 is 1.95 bits per heavy atom. The van der Waals surface area contributed by atoms with Crippen LogP contribution in [-0.4, -0.2) is 37.2 Å². The fourth-order valence-electron chi connectivity index (χ4n) is 3.64. The summed E-state index contributed by atoms with van der Waals surface area (Å²) in [7, 11) is 0. The van der Waals surface area contributed by atoms with Crippen LogP contribution in [0.15, 0.2) is 42.7 Å². The summed E-state index contributed by atoms with van der Waals surface area (Å²) in [4.78, 5) is 4.24. The molecule has 1 aromatic heterocycles. The third-order valence-corrected chi connectivity index (χ3v) is 5.17. The van der Waals surface area contributed by atoms with Crippen LogP contribution in [-0.2, 0) is 34.1 Å². The summed E-state index contributed by atoms with van der Waals surface area (Å²) in [6.45, 7) is 4.24. The summed E-state index contributed by atoms with van der Waals surface area (Å²) < 4.78 is 0. The molecule has 0 aromatic carbocycles. The number of nitrogens with two attached hydrogens (primary N) is 2. The van der Waals surface area contributed by atoms with Crippen molar-refractivity contribution in [1.82, 2.24) is 10.3 Å². The van der Waals surface area contributed by atoms with Crippen LogP contribution in [0.2, 0.25) is 0 Å². The summed E-state index contributed by atoms with van der Waals surface area (Å²) in [5.41, 5.74) is 2.18. The molecule has 12 nitrogen and oxygen atoms in total. The minimum atomic E-state index is 0. The van der Waals surface area contributed by atoms with Gasteiger partial charge >= 0.3 is 34.1 Å². The molecule has 2 radical (unpaired) electrons. The fraction of sp³-hybridized carbons (Fsp3) is 0.458. The van der Waals surface area contributed by atoms with Crippen molar-refractivity contribution in [1.29, 1.82) is 21.0 Å². The summed E-state index contributed by atoms with van der Waals surface area (Å²) >= 11 is 0. The van der Waals surface area contributed by atoms with E-state index in [-0.39, 0.29) is 46.4 Å². The van der Waals surface area contributed by atoms with Crippen molar-refractivity contribution >= 4 is 5.57 Å². The van der Waals surface area contributed by atoms with Crippen molar-refractivity contribution in [3.8, 4) is 24.8 Å². The maximum absolute atomic E-state index is 7.43. The van der Waals surface area contributed by atoms with Crippen molar-refractivity contribution in [2.45, 2.75) is 38.1 Å². The average Bonchev–Trinajstić information content (AvgIpc) is 2.93. The zero-order valence-corrected chi connectivity index (χ0v) is 23.4. The maximum atomic E-state index is 7.43. The third kappa shape index (κ3) is 20.0. The van der Waals surface area contributed by atoms with E-state index in [4.69, 9.17) is 21.0 Å². The maximum Gasteiger partial charge on any atom is 2.00 e. The van der Waals surface area contributed by atoms with Crippen LogP contribution in [0, 0.1) is 51.7 Å². The van der Waals surface area contributed by atoms with Gasteiger partial charge in [-0.2, -0.15) is 6.20 Å². The van der Waals surface area contributed by atoms with Gasteiger partial charge in [-0.25, -0.2) is 0 Å². The Morgan fingerprint density at radius 1 is 0.895 bits per heavy atom. The molecule has 0 aliphatic carbocycles. The number of nitrogens with zero attached hydrogens (tertiary/aromatic N) is 9. The van der Waals surface area contributed by atoms with Gasteiger partial charge in [0.15, 0.2) is 0 Å². The molecule has 1 atom stereocenters. The monoisotopic (exact) mass is 598 g/mol. The third-order valence-electron chi connectivity index (χ3n) is 5.17. The number of hydrogen-bond donors (Lipinski definition) is 1. The largest absolute Gasteiger partial charge is 2.00 e. The first kappa shape index (κ1) is 42.0. The first-order chi connectivity index (χ1) is 16.8. The van der Waals surface area contributed by atoms with E-state index in [0.717, 1.165) is 42.9 Å². The van der Waals surface area contributed by atoms with Crippen LogP contribution in [0.25, 0.3) is 39.1 Å². The van der Waals surface area contributed by atoms with Gasteiger partial charge in [-0.3, -0.25) is 15.6 Å². The van der Waals surface area contributed by atoms with Gasteiger partial charge in [-0.05, 0) is 43.0 Å². The van der Waals surface area contributed by atoms with Gasteiger partial charge in [0.1, 0.15) is 0 Å². The molecule has 3 aliphatic rings. The van der Waals surface area contributed by atoms with Crippen LogP contribution in [0.4, 0.5) is 0 Å². The Bertz CT molecular complexity index is 836. The van der Waals surface area contributed by atoms with Crippen molar-refractivity contribution < 1.29 is 34.1 Å². The van der Waals surface area contributed by atoms with Crippen LogP contribution in [0.5, 0.6) is 0 Å². The molecule has 1 aromatic rings. The second kappa shape index (κ2) is 30.1. The summed E-state index contributed by atoms with van der Waals surface area (Å²) in [5, 5.41) is 47.0. The van der Waals surface area contributed by atoms with E-state index in [2.05, 4.69) is 37.6 Å². The van der Waals surface area contributed by atoms with Crippen molar-refractivity contribution in [3.05, 3.63) is 82.0 Å². The van der Waals surface area contributed by atoms with E-state index in [9.17, 15) is 0 Å². The normalized spacial score (nSPS) is 16.3. The molecule has 5 N–H and O–H groups in total. The van der Waals surface area contributed by atoms with E-state index in [0.29, 0.717) is 0 Å². The quantitative estimate of drug-likeness (QED) is 0.300. The molecule has 0 saturated carbocycles. The van der Waals surface area contributed by atoms with Crippen LogP contribution in [0.1, 0.15) is 37.8 Å². The SMILES string of the molecule is C1=CC(c2ccccn2)=CC[N-]1.C1CCC(C2CC[N-]CC2)NC1.N#C[N-]C#N.N#C[N-]C#N.[Mn+2].[Mn+2].[NH2-].[NH2-]. The van der Waals surface area contributed by atoms with E-state index < -0.39 is 0 Å². The molecule has 0 amide bonds. The zero-order valence-electron chi connectivity index (χ0n) is 21.0. The number of aromatic nitrogens is 1. The molecule has 38 heavy (non-hydrogen) atoms. The number of piperidine rings is 2. The predicted molar refractivity (Wildman–Crippen MR) is 141 cm³/mol. The van der Waals surface area contributed by atoms with Gasteiger partial charge in [0, 0.05) is 37.0 Å². The van der Waals surface area contributed by atoms with Gasteiger partial charge < -0.3 is 49.3 Å². The first-order valence-electron chi connectivity index (χ1n) is 11.0. The summed E-state index contributed by atoms with van der Waals surface area (Å²) in [5.74, 6) is 0.933. The topological polar surface area (TPSA) is 243 Å². The minimum absolute atomic E-state index is 0. The van der Waals surface area contributed by atoms with Crippen molar-refractivity contribution in [2.24, 2.45) is 5.92 Å². The van der Waals surface area contributed by atoms with Crippen molar-refractivity contribution in [2.75, 3.05) is 26.2 Å². The first-order valence-corrected chi connectivity index (χ1v) is 11.0. The molecule has 2 fully saturated rings. The second-order valence-electron chi connectivity index (χ2n) is 7.24. The Labute approximate surface area is 247 Å². The van der Waals surface area contributed by atoms with E-state index in [1.165, 1.54) is 63.4 Å². The number of nitriles is 4. The van der Waals surface area contributed by atoms with E-state index in [1.54, 1.807) is 6.20 Å². The minimum Gasteiger partial charge on any atom is -0.693 e.